The third-order valence-corrected chi connectivity index (χ3v) is 5.04. The molecule has 28 heavy (non-hydrogen) atoms. The topological polar surface area (TPSA) is 73.6 Å². The van der Waals surface area contributed by atoms with E-state index in [9.17, 15) is 9.18 Å². The van der Waals surface area contributed by atoms with Gasteiger partial charge in [0.25, 0.3) is 5.91 Å². The predicted octanol–water partition coefficient (Wildman–Crippen LogP) is 4.29. The predicted molar refractivity (Wildman–Crippen MR) is 108 cm³/mol. The summed E-state index contributed by atoms with van der Waals surface area (Å²) in [5.41, 5.74) is 5.60. The highest BCUT2D eigenvalue weighted by Gasteiger charge is 2.17. The van der Waals surface area contributed by atoms with Gasteiger partial charge in [-0.2, -0.15) is 5.10 Å². The number of hydrogen-bond donors (Lipinski definition) is 3. The van der Waals surface area contributed by atoms with Crippen molar-refractivity contribution in [2.75, 3.05) is 6.54 Å². The molecule has 0 atom stereocenters. The molecule has 0 fully saturated rings. The first kappa shape index (κ1) is 18.0. The summed E-state index contributed by atoms with van der Waals surface area (Å²) in [7, 11) is 0. The van der Waals surface area contributed by atoms with E-state index in [2.05, 4.69) is 20.5 Å². The molecule has 0 aliphatic heterocycles. The SMILES string of the molecule is Cc1[nH]c2c(F)ccc(C)c2c1CCNC(=O)c1cn[nH]c1-c1ccccc1. The largest absolute Gasteiger partial charge is 0.356 e. The number of carbonyl (C=O) groups is 1. The van der Waals surface area contributed by atoms with Crippen LogP contribution in [0.3, 0.4) is 0 Å². The zero-order valence-electron chi connectivity index (χ0n) is 15.8. The number of H-pyrrole nitrogens is 2. The average Bonchev–Trinajstić information content (AvgIpc) is 3.31. The van der Waals surface area contributed by atoms with Crippen LogP contribution in [-0.4, -0.2) is 27.6 Å². The molecule has 2 heterocycles. The van der Waals surface area contributed by atoms with Crippen molar-refractivity contribution in [3.63, 3.8) is 0 Å². The van der Waals surface area contributed by atoms with Crippen molar-refractivity contribution in [2.24, 2.45) is 0 Å². The summed E-state index contributed by atoms with van der Waals surface area (Å²) in [5, 5.41) is 10.8. The molecular formula is C22H21FN4O. The van der Waals surface area contributed by atoms with Crippen molar-refractivity contribution in [3.05, 3.63) is 76.9 Å². The number of carbonyl (C=O) groups excluding carboxylic acids is 1. The molecule has 6 heteroatoms. The minimum Gasteiger partial charge on any atom is -0.356 e. The first-order valence-corrected chi connectivity index (χ1v) is 9.19. The number of nitrogens with zero attached hydrogens (tertiary/aromatic N) is 1. The van der Waals surface area contributed by atoms with Gasteiger partial charge in [0, 0.05) is 23.2 Å². The van der Waals surface area contributed by atoms with Crippen molar-refractivity contribution < 1.29 is 9.18 Å². The van der Waals surface area contributed by atoms with Gasteiger partial charge in [-0.1, -0.05) is 36.4 Å². The van der Waals surface area contributed by atoms with E-state index in [1.807, 2.05) is 44.2 Å². The first-order valence-electron chi connectivity index (χ1n) is 9.19. The summed E-state index contributed by atoms with van der Waals surface area (Å²) in [4.78, 5) is 15.8. The molecule has 1 amide bonds. The Morgan fingerprint density at radius 1 is 1.14 bits per heavy atom. The molecule has 2 aromatic heterocycles. The van der Waals surface area contributed by atoms with Crippen molar-refractivity contribution in [1.82, 2.24) is 20.5 Å². The van der Waals surface area contributed by atoms with Crippen molar-refractivity contribution in [1.29, 1.82) is 0 Å². The zero-order chi connectivity index (χ0) is 19.7. The fourth-order valence-corrected chi connectivity index (χ4v) is 3.63. The molecule has 0 unspecified atom stereocenters. The Morgan fingerprint density at radius 3 is 2.71 bits per heavy atom. The minimum atomic E-state index is -0.259. The third kappa shape index (κ3) is 3.17. The van der Waals surface area contributed by atoms with Crippen LogP contribution in [0.4, 0.5) is 4.39 Å². The van der Waals surface area contributed by atoms with Gasteiger partial charge in [0.2, 0.25) is 0 Å². The van der Waals surface area contributed by atoms with E-state index in [0.717, 1.165) is 27.8 Å². The molecule has 0 radical (unpaired) electrons. The molecule has 0 bridgehead atoms. The molecule has 4 aromatic rings. The molecule has 4 rings (SSSR count). The van der Waals surface area contributed by atoms with Gasteiger partial charge in [0.15, 0.2) is 0 Å². The van der Waals surface area contributed by atoms with E-state index >= 15 is 0 Å². The summed E-state index contributed by atoms with van der Waals surface area (Å²) < 4.78 is 14.1. The second kappa shape index (κ2) is 7.31. The summed E-state index contributed by atoms with van der Waals surface area (Å²) in [5.74, 6) is -0.446. The average molecular weight is 376 g/mol. The number of amides is 1. The Hall–Kier alpha value is -3.41. The Morgan fingerprint density at radius 2 is 1.93 bits per heavy atom. The van der Waals surface area contributed by atoms with Gasteiger partial charge in [-0.15, -0.1) is 0 Å². The van der Waals surface area contributed by atoms with Crippen LogP contribution in [0.1, 0.15) is 27.2 Å². The van der Waals surface area contributed by atoms with Crippen LogP contribution < -0.4 is 5.32 Å². The number of aryl methyl sites for hydroxylation is 2. The second-order valence-corrected chi connectivity index (χ2v) is 6.87. The van der Waals surface area contributed by atoms with Gasteiger partial charge in [0.05, 0.1) is 23.0 Å². The van der Waals surface area contributed by atoms with Crippen LogP contribution in [0.5, 0.6) is 0 Å². The number of benzene rings is 2. The molecular weight excluding hydrogens is 355 g/mol. The summed E-state index contributed by atoms with van der Waals surface area (Å²) in [6.45, 7) is 4.34. The smallest absolute Gasteiger partial charge is 0.255 e. The summed E-state index contributed by atoms with van der Waals surface area (Å²) in [6.07, 6.45) is 2.15. The number of aromatic nitrogens is 3. The van der Waals surface area contributed by atoms with Gasteiger partial charge in [-0.05, 0) is 37.5 Å². The lowest BCUT2D eigenvalue weighted by Gasteiger charge is -2.07. The highest BCUT2D eigenvalue weighted by atomic mass is 19.1. The van der Waals surface area contributed by atoms with Crippen LogP contribution in [-0.2, 0) is 6.42 Å². The van der Waals surface area contributed by atoms with E-state index in [1.54, 1.807) is 6.07 Å². The number of rotatable bonds is 5. The van der Waals surface area contributed by atoms with Crippen LogP contribution >= 0.6 is 0 Å². The molecule has 0 spiro atoms. The van der Waals surface area contributed by atoms with Crippen LogP contribution in [0.15, 0.2) is 48.7 Å². The molecule has 0 aliphatic rings. The van der Waals surface area contributed by atoms with Gasteiger partial charge >= 0.3 is 0 Å². The maximum absolute atomic E-state index is 14.1. The molecule has 5 nitrogen and oxygen atoms in total. The second-order valence-electron chi connectivity index (χ2n) is 6.87. The lowest BCUT2D eigenvalue weighted by molar-refractivity contribution is 0.0955. The normalized spacial score (nSPS) is 11.1. The van der Waals surface area contributed by atoms with Gasteiger partial charge < -0.3 is 10.3 Å². The first-order chi connectivity index (χ1) is 13.6. The standard InChI is InChI=1S/C22H21FN4O/c1-13-8-9-18(23)21-19(13)16(14(2)26-21)10-11-24-22(28)17-12-25-27-20(17)15-6-4-3-5-7-15/h3-9,12,26H,10-11H2,1-2H3,(H,24,28)(H,25,27). The molecule has 0 aliphatic carbocycles. The highest BCUT2D eigenvalue weighted by Crippen LogP contribution is 2.28. The maximum atomic E-state index is 14.1. The summed E-state index contributed by atoms with van der Waals surface area (Å²) in [6, 6.07) is 12.9. The monoisotopic (exact) mass is 376 g/mol. The number of fused-ring (bicyclic) bond motifs is 1. The van der Waals surface area contributed by atoms with E-state index in [0.29, 0.717) is 29.7 Å². The highest BCUT2D eigenvalue weighted by molar-refractivity contribution is 5.99. The molecule has 3 N–H and O–H groups in total. The van der Waals surface area contributed by atoms with E-state index in [4.69, 9.17) is 0 Å². The minimum absolute atomic E-state index is 0.187. The van der Waals surface area contributed by atoms with Crippen LogP contribution in [0, 0.1) is 19.7 Å². The molecule has 142 valence electrons. The Balaban J connectivity index is 1.51. The molecule has 2 aromatic carbocycles. The molecule has 0 saturated heterocycles. The van der Waals surface area contributed by atoms with E-state index < -0.39 is 0 Å². The lowest BCUT2D eigenvalue weighted by Crippen LogP contribution is -2.26. The van der Waals surface area contributed by atoms with Crippen LogP contribution in [0.25, 0.3) is 22.2 Å². The zero-order valence-corrected chi connectivity index (χ0v) is 15.8. The quantitative estimate of drug-likeness (QED) is 0.486. The van der Waals surface area contributed by atoms with Gasteiger partial charge in [0.1, 0.15) is 5.82 Å². The van der Waals surface area contributed by atoms with Gasteiger partial charge in [-0.3, -0.25) is 9.89 Å². The Bertz CT molecular complexity index is 1140. The van der Waals surface area contributed by atoms with E-state index in [-0.39, 0.29) is 11.7 Å². The maximum Gasteiger partial charge on any atom is 0.255 e. The molecule has 0 saturated carbocycles. The van der Waals surface area contributed by atoms with Crippen molar-refractivity contribution >= 4 is 16.8 Å². The van der Waals surface area contributed by atoms with Gasteiger partial charge in [-0.25, -0.2) is 4.39 Å². The number of nitrogens with one attached hydrogen (secondary N) is 3. The Kier molecular flexibility index (Phi) is 4.69. The lowest BCUT2D eigenvalue weighted by atomic mass is 10.0. The fourth-order valence-electron chi connectivity index (χ4n) is 3.63. The number of aromatic amines is 2. The van der Waals surface area contributed by atoms with E-state index in [1.165, 1.54) is 12.3 Å². The number of halogens is 1. The van der Waals surface area contributed by atoms with Crippen molar-refractivity contribution in [3.8, 4) is 11.3 Å². The van der Waals surface area contributed by atoms with Crippen LogP contribution in [0.2, 0.25) is 0 Å². The third-order valence-electron chi connectivity index (χ3n) is 5.04. The Labute approximate surface area is 162 Å². The number of hydrogen-bond acceptors (Lipinski definition) is 2. The fraction of sp³-hybridized carbons (Fsp3) is 0.182. The van der Waals surface area contributed by atoms with Crippen molar-refractivity contribution in [2.45, 2.75) is 20.3 Å². The summed E-state index contributed by atoms with van der Waals surface area (Å²) >= 11 is 0.